The van der Waals surface area contributed by atoms with Gasteiger partial charge in [0.25, 0.3) is 0 Å². The molecule has 3 rings (SSSR count). The van der Waals surface area contributed by atoms with Gasteiger partial charge in [-0.25, -0.2) is 4.39 Å². The number of nitrogens with one attached hydrogen (secondary N) is 1. The molecule has 0 aliphatic carbocycles. The summed E-state index contributed by atoms with van der Waals surface area (Å²) in [7, 11) is 0. The number of ether oxygens (including phenoxy) is 1. The zero-order valence-corrected chi connectivity index (χ0v) is 22.1. The van der Waals surface area contributed by atoms with Crippen molar-refractivity contribution in [1.82, 2.24) is 5.32 Å². The SMILES string of the molecule is CC(C)c1ccccc1-c1cccc(C(C)OC[C@H](O)CNC(C)(C)Cc2ccc(Cl)c(F)c2)c1. The number of aliphatic hydroxyl groups is 1. The molecule has 3 aromatic rings. The van der Waals surface area contributed by atoms with Crippen molar-refractivity contribution in [1.29, 1.82) is 0 Å². The number of aliphatic hydroxyl groups excluding tert-OH is 1. The minimum Gasteiger partial charge on any atom is -0.389 e. The highest BCUT2D eigenvalue weighted by Gasteiger charge is 2.20. The Hall–Kier alpha value is -2.24. The number of halogens is 2. The molecule has 188 valence electrons. The maximum absolute atomic E-state index is 13.8. The molecule has 0 heterocycles. The monoisotopic (exact) mass is 497 g/mol. The molecule has 2 N–H and O–H groups in total. The number of hydrogen-bond donors (Lipinski definition) is 2. The van der Waals surface area contributed by atoms with Crippen molar-refractivity contribution < 1.29 is 14.2 Å². The van der Waals surface area contributed by atoms with Gasteiger partial charge in [-0.1, -0.05) is 74.0 Å². The third kappa shape index (κ3) is 7.88. The first-order chi connectivity index (χ1) is 16.6. The smallest absolute Gasteiger partial charge is 0.142 e. The Morgan fingerprint density at radius 3 is 2.46 bits per heavy atom. The van der Waals surface area contributed by atoms with E-state index in [1.807, 2.05) is 26.8 Å². The van der Waals surface area contributed by atoms with Gasteiger partial charge < -0.3 is 15.2 Å². The maximum atomic E-state index is 13.8. The van der Waals surface area contributed by atoms with Gasteiger partial charge in [0.15, 0.2) is 0 Å². The second-order valence-electron chi connectivity index (χ2n) is 10.2. The molecule has 3 nitrogen and oxygen atoms in total. The second-order valence-corrected chi connectivity index (χ2v) is 10.6. The Labute approximate surface area is 214 Å². The van der Waals surface area contributed by atoms with Crippen LogP contribution in [-0.4, -0.2) is 29.9 Å². The van der Waals surface area contributed by atoms with Crippen LogP contribution in [0.1, 0.15) is 63.3 Å². The lowest BCUT2D eigenvalue weighted by atomic mass is 9.91. The first-order valence-electron chi connectivity index (χ1n) is 12.2. The van der Waals surface area contributed by atoms with Gasteiger partial charge in [0, 0.05) is 12.1 Å². The molecule has 0 aromatic heterocycles. The van der Waals surface area contributed by atoms with E-state index in [-0.39, 0.29) is 23.3 Å². The first kappa shape index (κ1) is 27.3. The molecule has 0 amide bonds. The predicted molar refractivity (Wildman–Crippen MR) is 144 cm³/mol. The number of rotatable bonds is 11. The summed E-state index contributed by atoms with van der Waals surface area (Å²) in [5.74, 6) is 0.0216. The maximum Gasteiger partial charge on any atom is 0.142 e. The van der Waals surface area contributed by atoms with E-state index in [0.29, 0.717) is 18.9 Å². The standard InChI is InChI=1S/C30H37ClFNO2/c1-20(2)26-11-6-7-12-27(26)24-10-8-9-23(16-24)21(3)35-19-25(34)18-33-30(4,5)17-22-13-14-28(31)29(32)15-22/h6-16,20-21,25,33-34H,17-19H2,1-5H3/t21?,25-/m1/s1. The Bertz CT molecular complexity index is 1120. The van der Waals surface area contributed by atoms with Crippen molar-refractivity contribution in [2.75, 3.05) is 13.2 Å². The molecular formula is C30H37ClFNO2. The lowest BCUT2D eigenvalue weighted by Gasteiger charge is -2.28. The molecule has 35 heavy (non-hydrogen) atoms. The Morgan fingerprint density at radius 2 is 1.74 bits per heavy atom. The van der Waals surface area contributed by atoms with Crippen molar-refractivity contribution in [3.05, 3.63) is 94.3 Å². The molecule has 0 bridgehead atoms. The molecule has 0 fully saturated rings. The van der Waals surface area contributed by atoms with Crippen LogP contribution in [0.4, 0.5) is 4.39 Å². The van der Waals surface area contributed by atoms with Crippen LogP contribution in [0.15, 0.2) is 66.7 Å². The van der Waals surface area contributed by atoms with E-state index in [9.17, 15) is 9.50 Å². The fourth-order valence-corrected chi connectivity index (χ4v) is 4.37. The molecule has 0 aliphatic rings. The van der Waals surface area contributed by atoms with Crippen molar-refractivity contribution in [2.24, 2.45) is 0 Å². The van der Waals surface area contributed by atoms with Gasteiger partial charge in [-0.3, -0.25) is 0 Å². The van der Waals surface area contributed by atoms with E-state index in [2.05, 4.69) is 67.7 Å². The van der Waals surface area contributed by atoms with Crippen LogP contribution in [0.2, 0.25) is 5.02 Å². The number of benzene rings is 3. The van der Waals surface area contributed by atoms with Gasteiger partial charge in [-0.2, -0.15) is 0 Å². The van der Waals surface area contributed by atoms with Crippen molar-refractivity contribution >= 4 is 11.6 Å². The molecular weight excluding hydrogens is 461 g/mol. The highest BCUT2D eigenvalue weighted by molar-refractivity contribution is 6.30. The number of hydrogen-bond acceptors (Lipinski definition) is 3. The largest absolute Gasteiger partial charge is 0.389 e. The average Bonchev–Trinajstić information content (AvgIpc) is 2.83. The summed E-state index contributed by atoms with van der Waals surface area (Å²) < 4.78 is 19.8. The molecule has 0 radical (unpaired) electrons. The van der Waals surface area contributed by atoms with Crippen LogP contribution >= 0.6 is 11.6 Å². The highest BCUT2D eigenvalue weighted by atomic mass is 35.5. The van der Waals surface area contributed by atoms with E-state index in [1.54, 1.807) is 6.07 Å². The van der Waals surface area contributed by atoms with Crippen LogP contribution in [0.25, 0.3) is 11.1 Å². The Morgan fingerprint density at radius 1 is 1.00 bits per heavy atom. The summed E-state index contributed by atoms with van der Waals surface area (Å²) in [6.45, 7) is 11.1. The average molecular weight is 498 g/mol. The molecule has 0 saturated heterocycles. The zero-order chi connectivity index (χ0) is 25.6. The molecule has 3 aromatic carbocycles. The van der Waals surface area contributed by atoms with Crippen LogP contribution in [-0.2, 0) is 11.2 Å². The second kappa shape index (κ2) is 12.1. The number of β-amino-alcohol motifs (C(OH)–C–C–N with tert-alkyl or cyclic N) is 1. The fourth-order valence-electron chi connectivity index (χ4n) is 4.25. The van der Waals surface area contributed by atoms with Crippen LogP contribution in [0.5, 0.6) is 0 Å². The topological polar surface area (TPSA) is 41.5 Å². The summed E-state index contributed by atoms with van der Waals surface area (Å²) in [5.41, 5.74) is 5.33. The van der Waals surface area contributed by atoms with Gasteiger partial charge in [0.1, 0.15) is 5.82 Å². The van der Waals surface area contributed by atoms with Crippen LogP contribution < -0.4 is 5.32 Å². The summed E-state index contributed by atoms with van der Waals surface area (Å²) in [4.78, 5) is 0. The zero-order valence-electron chi connectivity index (χ0n) is 21.3. The lowest BCUT2D eigenvalue weighted by molar-refractivity contribution is -0.00416. The van der Waals surface area contributed by atoms with Gasteiger partial charge in [0.05, 0.1) is 23.8 Å². The molecule has 1 unspecified atom stereocenters. The lowest BCUT2D eigenvalue weighted by Crippen LogP contribution is -2.46. The predicted octanol–water partition coefficient (Wildman–Crippen LogP) is 7.32. The van der Waals surface area contributed by atoms with Gasteiger partial charge in [-0.05, 0) is 79.1 Å². The van der Waals surface area contributed by atoms with Crippen molar-refractivity contribution in [3.8, 4) is 11.1 Å². The minimum atomic E-state index is -0.663. The summed E-state index contributed by atoms with van der Waals surface area (Å²) in [5, 5.41) is 14.0. The Balaban J connectivity index is 1.54. The van der Waals surface area contributed by atoms with E-state index in [1.165, 1.54) is 22.8 Å². The van der Waals surface area contributed by atoms with E-state index in [0.717, 1.165) is 11.1 Å². The third-order valence-electron chi connectivity index (χ3n) is 6.23. The highest BCUT2D eigenvalue weighted by Crippen LogP contribution is 2.31. The third-order valence-corrected chi connectivity index (χ3v) is 6.54. The van der Waals surface area contributed by atoms with Crippen molar-refractivity contribution in [2.45, 2.75) is 64.7 Å². The van der Waals surface area contributed by atoms with Crippen LogP contribution in [0, 0.1) is 5.82 Å². The quantitative estimate of drug-likeness (QED) is 0.291. The molecule has 0 spiro atoms. The van der Waals surface area contributed by atoms with Gasteiger partial charge in [-0.15, -0.1) is 0 Å². The van der Waals surface area contributed by atoms with Gasteiger partial charge in [0.2, 0.25) is 0 Å². The summed E-state index contributed by atoms with van der Waals surface area (Å²) >= 11 is 5.78. The van der Waals surface area contributed by atoms with Crippen molar-refractivity contribution in [3.63, 3.8) is 0 Å². The van der Waals surface area contributed by atoms with E-state index < -0.39 is 11.9 Å². The molecule has 0 saturated carbocycles. The summed E-state index contributed by atoms with van der Waals surface area (Å²) in [6, 6.07) is 21.8. The molecule has 0 aliphatic heterocycles. The van der Waals surface area contributed by atoms with E-state index in [4.69, 9.17) is 16.3 Å². The fraction of sp³-hybridized carbons (Fsp3) is 0.400. The van der Waals surface area contributed by atoms with Gasteiger partial charge >= 0.3 is 0 Å². The van der Waals surface area contributed by atoms with E-state index >= 15 is 0 Å². The summed E-state index contributed by atoms with van der Waals surface area (Å²) in [6.07, 6.45) is -0.209. The van der Waals surface area contributed by atoms with Crippen LogP contribution in [0.3, 0.4) is 0 Å². The first-order valence-corrected chi connectivity index (χ1v) is 12.6. The normalized spacial score (nSPS) is 13.7. The molecule has 2 atom stereocenters. The Kier molecular flexibility index (Phi) is 9.48. The minimum absolute atomic E-state index is 0.121. The molecule has 5 heteroatoms.